The predicted molar refractivity (Wildman–Crippen MR) is 252 cm³/mol. The fourth-order valence-corrected chi connectivity index (χ4v) is 11.1. The van der Waals surface area contributed by atoms with Gasteiger partial charge in [-0.2, -0.15) is 0 Å². The van der Waals surface area contributed by atoms with E-state index in [-0.39, 0.29) is 0 Å². The smallest absolute Gasteiger partial charge is 0.170 e. The summed E-state index contributed by atoms with van der Waals surface area (Å²) in [5.41, 5.74) is 23.7. The number of para-hydroxylation sites is 4. The minimum absolute atomic E-state index is 0.623. The van der Waals surface area contributed by atoms with Crippen LogP contribution in [0.5, 0.6) is 0 Å². The maximum Gasteiger partial charge on any atom is 0.170 e. The van der Waals surface area contributed by atoms with E-state index in [0.717, 1.165) is 22.5 Å². The predicted octanol–water partition coefficient (Wildman–Crippen LogP) is 13.1. The van der Waals surface area contributed by atoms with Crippen LogP contribution in [0.3, 0.4) is 0 Å². The highest BCUT2D eigenvalue weighted by Crippen LogP contribution is 2.60. The molecule has 1 aliphatic carbocycles. The molecule has 2 aromatic heterocycles. The quantitative estimate of drug-likeness (QED) is 0.167. The number of pyridine rings is 2. The van der Waals surface area contributed by atoms with Gasteiger partial charge in [-0.25, -0.2) is 0 Å². The molecule has 0 saturated carbocycles. The Labute approximate surface area is 359 Å². The second kappa shape index (κ2) is 14.0. The zero-order chi connectivity index (χ0) is 41.6. The molecule has 0 spiro atoms. The van der Waals surface area contributed by atoms with E-state index in [2.05, 4.69) is 195 Å². The van der Waals surface area contributed by atoms with E-state index in [4.69, 9.17) is 9.97 Å². The van der Waals surface area contributed by atoms with Crippen LogP contribution in [0.25, 0.3) is 33.4 Å². The number of benzene rings is 6. The second-order valence-electron chi connectivity index (χ2n) is 17.1. The van der Waals surface area contributed by atoms with Gasteiger partial charge in [-0.1, -0.05) is 83.9 Å². The summed E-state index contributed by atoms with van der Waals surface area (Å²) in [6.45, 7) is 14.5. The Bertz CT molecular complexity index is 2800. The summed E-state index contributed by atoms with van der Waals surface area (Å²) in [6, 6.07) is 49.7. The summed E-state index contributed by atoms with van der Waals surface area (Å²) in [7, 11) is 0. The normalized spacial score (nSPS) is 14.6. The average molecular weight is 793 g/mol. The minimum Gasteiger partial charge on any atom is -0.321 e. The van der Waals surface area contributed by atoms with Crippen LogP contribution in [0.2, 0.25) is 0 Å². The molecule has 0 saturated heterocycles. The van der Waals surface area contributed by atoms with Gasteiger partial charge in [-0.3, -0.25) is 9.97 Å². The van der Waals surface area contributed by atoms with E-state index in [1.54, 1.807) is 0 Å². The highest BCUT2D eigenvalue weighted by molar-refractivity contribution is 5.94. The third-order valence-electron chi connectivity index (χ3n) is 13.2. The number of aromatic nitrogens is 2. The van der Waals surface area contributed by atoms with Crippen LogP contribution in [0.4, 0.5) is 34.1 Å². The Hall–Kier alpha value is -7.18. The molecule has 0 fully saturated rings. The average Bonchev–Trinajstić information content (AvgIpc) is 3.93. The van der Waals surface area contributed by atoms with Crippen LogP contribution >= 0.6 is 0 Å². The molecule has 0 unspecified atom stereocenters. The number of hydrogen-bond acceptors (Lipinski definition) is 6. The van der Waals surface area contributed by atoms with E-state index in [1.807, 2.05) is 24.8 Å². The minimum atomic E-state index is -0.768. The summed E-state index contributed by atoms with van der Waals surface area (Å²) < 4.78 is 0. The van der Waals surface area contributed by atoms with Crippen molar-refractivity contribution in [2.45, 2.75) is 47.2 Å². The fraction of sp³-hybridized carbons (Fsp3) is 0.164. The van der Waals surface area contributed by atoms with E-state index < -0.39 is 5.66 Å². The van der Waals surface area contributed by atoms with Crippen molar-refractivity contribution in [3.63, 3.8) is 0 Å². The molecule has 6 nitrogen and oxygen atoms in total. The molecule has 61 heavy (non-hydrogen) atoms. The summed E-state index contributed by atoms with van der Waals surface area (Å²) >= 11 is 0. The topological polar surface area (TPSA) is 38.7 Å². The molecule has 4 heterocycles. The number of anilines is 6. The van der Waals surface area contributed by atoms with Crippen molar-refractivity contribution in [1.29, 1.82) is 0 Å². The SMILES string of the molecule is Cc1cc(C)c(-c2cccc(N3CN(C4(N5CN(c6cccc(-c7c(C)cc(C)cc7C)c6)c6ccccc65)c5ccncc5-c5cnccc54)c4ccccc43)c2)c(C)c1. The van der Waals surface area contributed by atoms with Crippen LogP contribution in [-0.4, -0.2) is 23.3 Å². The molecule has 0 atom stereocenters. The molecule has 11 rings (SSSR count). The lowest BCUT2D eigenvalue weighted by Gasteiger charge is -2.49. The van der Waals surface area contributed by atoms with Gasteiger partial charge >= 0.3 is 0 Å². The van der Waals surface area contributed by atoms with Gasteiger partial charge in [0.05, 0.1) is 36.1 Å². The first-order valence-corrected chi connectivity index (χ1v) is 21.3. The van der Waals surface area contributed by atoms with Crippen LogP contribution < -0.4 is 19.6 Å². The number of hydrogen-bond donors (Lipinski definition) is 0. The summed E-state index contributed by atoms with van der Waals surface area (Å²) in [4.78, 5) is 19.7. The molecule has 6 heteroatoms. The van der Waals surface area contributed by atoms with Gasteiger partial charge in [0.1, 0.15) is 0 Å². The molecule has 2 aliphatic heterocycles. The first-order valence-electron chi connectivity index (χ1n) is 21.3. The molecule has 298 valence electrons. The highest BCUT2D eigenvalue weighted by atomic mass is 15.5. The zero-order valence-corrected chi connectivity index (χ0v) is 35.6. The third-order valence-corrected chi connectivity index (χ3v) is 13.2. The maximum atomic E-state index is 4.72. The van der Waals surface area contributed by atoms with Crippen LogP contribution in [0.15, 0.2) is 158 Å². The second-order valence-corrected chi connectivity index (χ2v) is 17.1. The fourth-order valence-electron chi connectivity index (χ4n) is 11.1. The maximum absolute atomic E-state index is 4.72. The lowest BCUT2D eigenvalue weighted by molar-refractivity contribution is 0.471. The summed E-state index contributed by atoms with van der Waals surface area (Å²) in [6.07, 6.45) is 7.97. The first-order chi connectivity index (χ1) is 29.7. The van der Waals surface area contributed by atoms with Crippen molar-refractivity contribution >= 4 is 34.1 Å². The van der Waals surface area contributed by atoms with Crippen molar-refractivity contribution in [2.75, 3.05) is 32.9 Å². The molecular formula is C55H48N6. The van der Waals surface area contributed by atoms with E-state index >= 15 is 0 Å². The van der Waals surface area contributed by atoms with Gasteiger partial charge < -0.3 is 19.6 Å². The van der Waals surface area contributed by atoms with Crippen molar-refractivity contribution in [3.05, 3.63) is 203 Å². The molecule has 0 radical (unpaired) electrons. The Morgan fingerprint density at radius 1 is 0.426 bits per heavy atom. The third kappa shape index (κ3) is 5.55. The Balaban J connectivity index is 1.10. The standard InChI is InChI=1S/C55H48N6/c1-35-25-37(3)53(38(4)26-35)41-13-11-15-43(29-41)58-33-60(51-19-9-7-17-49(51)58)55(47-21-23-56-31-45(47)46-32-57-24-22-48(46)55)61-34-59(50-18-8-10-20-52(50)61)44-16-12-14-42(30-44)54-39(5)27-36(2)28-40(54)6/h7-32H,33-34H2,1-6H3. The van der Waals surface area contributed by atoms with E-state index in [1.165, 1.54) is 89.5 Å². The van der Waals surface area contributed by atoms with E-state index in [9.17, 15) is 0 Å². The lowest BCUT2D eigenvalue weighted by Crippen LogP contribution is -2.59. The van der Waals surface area contributed by atoms with Gasteiger partial charge in [0.25, 0.3) is 0 Å². The van der Waals surface area contributed by atoms with Crippen LogP contribution in [0, 0.1) is 41.5 Å². The number of rotatable bonds is 6. The largest absolute Gasteiger partial charge is 0.321 e. The lowest BCUT2D eigenvalue weighted by atomic mass is 9.92. The summed E-state index contributed by atoms with van der Waals surface area (Å²) in [5.74, 6) is 0. The summed E-state index contributed by atoms with van der Waals surface area (Å²) in [5, 5.41) is 0. The Kier molecular flexibility index (Phi) is 8.43. The number of fused-ring (bicyclic) bond motifs is 5. The number of aryl methyl sites for hydroxylation is 6. The van der Waals surface area contributed by atoms with Crippen molar-refractivity contribution in [1.82, 2.24) is 9.97 Å². The van der Waals surface area contributed by atoms with Gasteiger partial charge in [0, 0.05) is 58.4 Å². The van der Waals surface area contributed by atoms with Gasteiger partial charge in [0.15, 0.2) is 5.66 Å². The van der Waals surface area contributed by atoms with Gasteiger partial charge in [-0.15, -0.1) is 0 Å². The van der Waals surface area contributed by atoms with Crippen molar-refractivity contribution in [3.8, 4) is 33.4 Å². The molecular weight excluding hydrogens is 745 g/mol. The molecule has 8 aromatic rings. The molecule has 3 aliphatic rings. The van der Waals surface area contributed by atoms with Crippen molar-refractivity contribution in [2.24, 2.45) is 0 Å². The highest BCUT2D eigenvalue weighted by Gasteiger charge is 2.57. The van der Waals surface area contributed by atoms with E-state index in [0.29, 0.717) is 13.3 Å². The van der Waals surface area contributed by atoms with Crippen LogP contribution in [-0.2, 0) is 5.66 Å². The first kappa shape index (κ1) is 36.9. The Morgan fingerprint density at radius 3 is 1.23 bits per heavy atom. The number of nitrogens with zero attached hydrogens (tertiary/aromatic N) is 6. The van der Waals surface area contributed by atoms with Gasteiger partial charge in [0.2, 0.25) is 0 Å². The zero-order valence-electron chi connectivity index (χ0n) is 35.6. The Morgan fingerprint density at radius 2 is 0.820 bits per heavy atom. The molecule has 0 bridgehead atoms. The van der Waals surface area contributed by atoms with Gasteiger partial charge in [-0.05, 0) is 147 Å². The van der Waals surface area contributed by atoms with Crippen LogP contribution in [0.1, 0.15) is 44.5 Å². The van der Waals surface area contributed by atoms with Crippen molar-refractivity contribution < 1.29 is 0 Å². The molecule has 6 aromatic carbocycles. The molecule has 0 amide bonds. The monoisotopic (exact) mass is 792 g/mol. The molecule has 0 N–H and O–H groups in total.